The van der Waals surface area contributed by atoms with E-state index in [1.807, 2.05) is 42.5 Å². The van der Waals surface area contributed by atoms with Crippen LogP contribution in [-0.4, -0.2) is 31.1 Å². The number of carbonyl (C=O) groups excluding carboxylic acids is 1. The number of nitrogens with one attached hydrogen (secondary N) is 1. The number of ether oxygens (including phenoxy) is 3. The first-order chi connectivity index (χ1) is 14.6. The molecular weight excluding hydrogens is 380 g/mol. The number of benzene rings is 3. The molecule has 0 bridgehead atoms. The van der Waals surface area contributed by atoms with Gasteiger partial charge in [0.15, 0.2) is 5.79 Å². The molecule has 0 aliphatic carbocycles. The highest BCUT2D eigenvalue weighted by atomic mass is 16.7. The molecule has 0 saturated carbocycles. The zero-order chi connectivity index (χ0) is 20.8. The topological polar surface area (TPSA) is 69.2 Å². The minimum absolute atomic E-state index is 0.0869. The van der Waals surface area contributed by atoms with Crippen LogP contribution in [0.1, 0.15) is 24.5 Å². The van der Waals surface area contributed by atoms with Crippen LogP contribution >= 0.6 is 0 Å². The highest BCUT2D eigenvalue weighted by Gasteiger charge is 2.33. The average molecular weight is 404 g/mol. The van der Waals surface area contributed by atoms with Gasteiger partial charge in [-0.3, -0.25) is 4.79 Å². The van der Waals surface area contributed by atoms with Crippen LogP contribution in [0.5, 0.6) is 5.75 Å². The Balaban J connectivity index is 1.40. The quantitative estimate of drug-likeness (QED) is 0.477. The zero-order valence-corrected chi connectivity index (χ0v) is 16.8. The summed E-state index contributed by atoms with van der Waals surface area (Å²) in [5.74, 6) is -0.457. The molecule has 1 fully saturated rings. The van der Waals surface area contributed by atoms with E-state index in [4.69, 9.17) is 14.2 Å². The lowest BCUT2D eigenvalue weighted by Gasteiger charge is -2.20. The van der Waals surface area contributed by atoms with Gasteiger partial charge in [-0.2, -0.15) is 5.10 Å². The van der Waals surface area contributed by atoms with E-state index in [2.05, 4.69) is 34.8 Å². The SMILES string of the molecule is CC1(CC(=O)N/N=C\c2ccccc2OCc2cccc3ccccc23)OCCO1. The van der Waals surface area contributed by atoms with Crippen LogP contribution in [0.3, 0.4) is 0 Å². The van der Waals surface area contributed by atoms with Gasteiger partial charge in [-0.1, -0.05) is 54.6 Å². The van der Waals surface area contributed by atoms with Crippen molar-refractivity contribution in [3.63, 3.8) is 0 Å². The molecule has 1 heterocycles. The second kappa shape index (κ2) is 9.07. The summed E-state index contributed by atoms with van der Waals surface area (Å²) in [6.45, 7) is 3.17. The maximum atomic E-state index is 12.1. The first-order valence-corrected chi connectivity index (χ1v) is 9.91. The van der Waals surface area contributed by atoms with Crippen LogP contribution in [0, 0.1) is 0 Å². The van der Waals surface area contributed by atoms with Gasteiger partial charge < -0.3 is 14.2 Å². The first-order valence-electron chi connectivity index (χ1n) is 9.91. The highest BCUT2D eigenvalue weighted by molar-refractivity contribution is 5.86. The van der Waals surface area contributed by atoms with Crippen LogP contribution in [0.25, 0.3) is 10.8 Å². The maximum Gasteiger partial charge on any atom is 0.245 e. The molecule has 0 unspecified atom stereocenters. The van der Waals surface area contributed by atoms with Gasteiger partial charge in [0.25, 0.3) is 0 Å². The van der Waals surface area contributed by atoms with Crippen LogP contribution in [0.15, 0.2) is 71.8 Å². The molecule has 4 rings (SSSR count). The van der Waals surface area contributed by atoms with E-state index in [1.165, 1.54) is 10.8 Å². The predicted octanol–water partition coefficient (Wildman–Crippen LogP) is 4.02. The molecule has 0 aromatic heterocycles. The average Bonchev–Trinajstić information content (AvgIpc) is 3.18. The van der Waals surface area contributed by atoms with E-state index < -0.39 is 5.79 Å². The van der Waals surface area contributed by atoms with E-state index in [0.29, 0.717) is 25.6 Å². The smallest absolute Gasteiger partial charge is 0.245 e. The largest absolute Gasteiger partial charge is 0.488 e. The molecule has 0 spiro atoms. The van der Waals surface area contributed by atoms with Crippen molar-refractivity contribution in [2.75, 3.05) is 13.2 Å². The van der Waals surface area contributed by atoms with Crippen LogP contribution in [0.4, 0.5) is 0 Å². The Hall–Kier alpha value is -3.22. The van der Waals surface area contributed by atoms with E-state index >= 15 is 0 Å². The van der Waals surface area contributed by atoms with Crippen molar-refractivity contribution in [2.24, 2.45) is 5.10 Å². The number of rotatable bonds is 7. The van der Waals surface area contributed by atoms with Crippen molar-refractivity contribution < 1.29 is 19.0 Å². The Kier molecular flexibility index (Phi) is 6.07. The summed E-state index contributed by atoms with van der Waals surface area (Å²) in [7, 11) is 0. The van der Waals surface area contributed by atoms with Crippen molar-refractivity contribution in [3.05, 3.63) is 77.9 Å². The Bertz CT molecular complexity index is 1050. The normalized spacial score (nSPS) is 15.5. The summed E-state index contributed by atoms with van der Waals surface area (Å²) in [4.78, 5) is 12.1. The molecule has 0 radical (unpaired) electrons. The molecule has 6 heteroatoms. The van der Waals surface area contributed by atoms with E-state index in [1.54, 1.807) is 13.1 Å². The van der Waals surface area contributed by atoms with Crippen molar-refractivity contribution in [1.82, 2.24) is 5.43 Å². The molecule has 1 aliphatic heterocycles. The monoisotopic (exact) mass is 404 g/mol. The van der Waals surface area contributed by atoms with Gasteiger partial charge in [0, 0.05) is 5.56 Å². The Morgan fingerprint density at radius 2 is 1.80 bits per heavy atom. The van der Waals surface area contributed by atoms with Gasteiger partial charge >= 0.3 is 0 Å². The zero-order valence-electron chi connectivity index (χ0n) is 16.8. The number of hydrogen-bond acceptors (Lipinski definition) is 5. The fraction of sp³-hybridized carbons (Fsp3) is 0.250. The number of hydrazone groups is 1. The second-order valence-corrected chi connectivity index (χ2v) is 7.27. The van der Waals surface area contributed by atoms with E-state index in [-0.39, 0.29) is 12.3 Å². The van der Waals surface area contributed by atoms with Gasteiger partial charge in [-0.15, -0.1) is 0 Å². The lowest BCUT2D eigenvalue weighted by Crippen LogP contribution is -2.33. The van der Waals surface area contributed by atoms with Gasteiger partial charge in [0.05, 0.1) is 25.8 Å². The number of hydrogen-bond donors (Lipinski definition) is 1. The fourth-order valence-corrected chi connectivity index (χ4v) is 3.46. The highest BCUT2D eigenvalue weighted by Crippen LogP contribution is 2.23. The van der Waals surface area contributed by atoms with Gasteiger partial charge in [0.1, 0.15) is 12.4 Å². The number of amides is 1. The minimum Gasteiger partial charge on any atom is -0.488 e. The van der Waals surface area contributed by atoms with Crippen molar-refractivity contribution in [1.29, 1.82) is 0 Å². The minimum atomic E-state index is -0.876. The third-order valence-corrected chi connectivity index (χ3v) is 4.95. The number of carbonyl (C=O) groups is 1. The second-order valence-electron chi connectivity index (χ2n) is 7.27. The first kappa shape index (κ1) is 20.1. The van der Waals surface area contributed by atoms with E-state index in [9.17, 15) is 4.79 Å². The standard InChI is InChI=1S/C24H24N2O4/c1-24(29-13-14-30-24)15-23(27)26-25-16-19-8-3-5-12-22(19)28-17-20-10-6-9-18-7-2-4-11-21(18)20/h2-12,16H,13-15,17H2,1H3,(H,26,27)/b25-16-. The summed E-state index contributed by atoms with van der Waals surface area (Å²) < 4.78 is 17.0. The number of fused-ring (bicyclic) bond motifs is 1. The Morgan fingerprint density at radius 1 is 1.07 bits per heavy atom. The van der Waals surface area contributed by atoms with Gasteiger partial charge in [-0.05, 0) is 35.4 Å². The van der Waals surface area contributed by atoms with Crippen LogP contribution < -0.4 is 10.2 Å². The molecule has 6 nitrogen and oxygen atoms in total. The van der Waals surface area contributed by atoms with Crippen molar-refractivity contribution in [2.45, 2.75) is 25.7 Å². The molecule has 1 amide bonds. The van der Waals surface area contributed by atoms with Gasteiger partial charge in [0.2, 0.25) is 5.91 Å². The Morgan fingerprint density at radius 3 is 2.67 bits per heavy atom. The molecule has 3 aromatic carbocycles. The molecule has 1 aliphatic rings. The molecule has 1 saturated heterocycles. The number of para-hydroxylation sites is 1. The van der Waals surface area contributed by atoms with Crippen LogP contribution in [-0.2, 0) is 20.9 Å². The Labute approximate surface area is 175 Å². The summed E-state index contributed by atoms with van der Waals surface area (Å²) >= 11 is 0. The summed E-state index contributed by atoms with van der Waals surface area (Å²) in [5.41, 5.74) is 4.41. The van der Waals surface area contributed by atoms with Crippen LogP contribution in [0.2, 0.25) is 0 Å². The fourth-order valence-electron chi connectivity index (χ4n) is 3.46. The lowest BCUT2D eigenvalue weighted by molar-refractivity contribution is -0.159. The van der Waals surface area contributed by atoms with E-state index in [0.717, 1.165) is 11.1 Å². The predicted molar refractivity (Wildman–Crippen MR) is 115 cm³/mol. The molecular formula is C24H24N2O4. The van der Waals surface area contributed by atoms with Crippen molar-refractivity contribution >= 4 is 22.9 Å². The summed E-state index contributed by atoms with van der Waals surface area (Å²) in [6.07, 6.45) is 1.67. The summed E-state index contributed by atoms with van der Waals surface area (Å²) in [6, 6.07) is 22.0. The maximum absolute atomic E-state index is 12.1. The molecule has 30 heavy (non-hydrogen) atoms. The van der Waals surface area contributed by atoms with Crippen molar-refractivity contribution in [3.8, 4) is 5.75 Å². The summed E-state index contributed by atoms with van der Waals surface area (Å²) in [5, 5.41) is 6.41. The third kappa shape index (κ3) is 4.84. The molecule has 154 valence electrons. The lowest BCUT2D eigenvalue weighted by atomic mass is 10.1. The molecule has 0 atom stereocenters. The van der Waals surface area contributed by atoms with Gasteiger partial charge in [-0.25, -0.2) is 5.43 Å². The molecule has 3 aromatic rings. The molecule has 1 N–H and O–H groups in total. The third-order valence-electron chi connectivity index (χ3n) is 4.95. The number of nitrogens with zero attached hydrogens (tertiary/aromatic N) is 1.